The Morgan fingerprint density at radius 2 is 2.47 bits per heavy atom. The Labute approximate surface area is 96.9 Å². The van der Waals surface area contributed by atoms with Crippen LogP contribution in [0, 0.1) is 0 Å². The number of halogens is 1. The van der Waals surface area contributed by atoms with Crippen LogP contribution < -0.4 is 0 Å². The summed E-state index contributed by atoms with van der Waals surface area (Å²) in [5.74, 6) is 1.47. The number of aromatic nitrogens is 2. The highest BCUT2D eigenvalue weighted by Gasteiger charge is 2.22. The van der Waals surface area contributed by atoms with Gasteiger partial charge in [0.15, 0.2) is 0 Å². The highest BCUT2D eigenvalue weighted by Crippen LogP contribution is 2.34. The maximum atomic E-state index is 11.2. The van der Waals surface area contributed by atoms with Crippen LogP contribution in [0.1, 0.15) is 18.2 Å². The molecule has 15 heavy (non-hydrogen) atoms. The van der Waals surface area contributed by atoms with E-state index in [9.17, 15) is 4.79 Å². The first-order valence-corrected chi connectivity index (χ1v) is 6.23. The number of hydrogen-bond donors (Lipinski definition) is 0. The summed E-state index contributed by atoms with van der Waals surface area (Å²) in [5.41, 5.74) is 2.06. The van der Waals surface area contributed by atoms with Crippen molar-refractivity contribution in [3.05, 3.63) is 16.4 Å². The number of rotatable bonds is 3. The summed E-state index contributed by atoms with van der Waals surface area (Å²) in [6.45, 7) is 2.26. The zero-order valence-electron chi connectivity index (χ0n) is 8.33. The van der Waals surface area contributed by atoms with Gasteiger partial charge < -0.3 is 4.74 Å². The van der Waals surface area contributed by atoms with E-state index < -0.39 is 0 Å². The van der Waals surface area contributed by atoms with E-state index in [2.05, 4.69) is 5.10 Å². The summed E-state index contributed by atoms with van der Waals surface area (Å²) < 4.78 is 6.36. The smallest absolute Gasteiger partial charge is 0.327 e. The molecular formula is C9H11ClN2O2S. The Balaban J connectivity index is 2.13. The number of fused-ring (bicyclic) bond motifs is 1. The first-order chi connectivity index (χ1) is 7.22. The van der Waals surface area contributed by atoms with Crippen LogP contribution in [0.2, 0.25) is 5.15 Å². The Morgan fingerprint density at radius 3 is 3.13 bits per heavy atom. The molecule has 0 radical (unpaired) electrons. The molecule has 1 aromatic heterocycles. The molecule has 0 fully saturated rings. The highest BCUT2D eigenvalue weighted by molar-refractivity contribution is 7.98. The van der Waals surface area contributed by atoms with Gasteiger partial charge in [0, 0.05) is 17.1 Å². The first kappa shape index (κ1) is 10.8. The van der Waals surface area contributed by atoms with Crippen molar-refractivity contribution >= 4 is 29.3 Å². The van der Waals surface area contributed by atoms with Gasteiger partial charge in [0.05, 0.1) is 12.3 Å². The van der Waals surface area contributed by atoms with Crippen LogP contribution in [0.3, 0.4) is 0 Å². The molecule has 1 aromatic rings. The van der Waals surface area contributed by atoms with Gasteiger partial charge in [-0.3, -0.25) is 4.79 Å². The van der Waals surface area contributed by atoms with Gasteiger partial charge in [-0.2, -0.15) is 16.9 Å². The standard InChI is InChI=1S/C9H11ClN2O2S/c1-2-14-8(13)3-12-9(10)6-4-15-5-7(6)11-12/h2-5H2,1H3. The molecule has 2 rings (SSSR count). The van der Waals surface area contributed by atoms with Crippen molar-refractivity contribution in [1.29, 1.82) is 0 Å². The fourth-order valence-corrected chi connectivity index (χ4v) is 2.85. The topological polar surface area (TPSA) is 44.1 Å². The van der Waals surface area contributed by atoms with E-state index in [0.717, 1.165) is 22.8 Å². The van der Waals surface area contributed by atoms with Crippen molar-refractivity contribution in [3.63, 3.8) is 0 Å². The SMILES string of the molecule is CCOC(=O)Cn1nc2c(c1Cl)CSC2. The largest absolute Gasteiger partial charge is 0.465 e. The van der Waals surface area contributed by atoms with Gasteiger partial charge in [0.25, 0.3) is 0 Å². The molecule has 0 N–H and O–H groups in total. The number of thioether (sulfide) groups is 1. The molecule has 0 spiro atoms. The maximum absolute atomic E-state index is 11.2. The summed E-state index contributed by atoms with van der Waals surface area (Å²) in [5, 5.41) is 4.85. The molecule has 0 saturated carbocycles. The van der Waals surface area contributed by atoms with E-state index in [1.165, 1.54) is 4.68 Å². The van der Waals surface area contributed by atoms with Crippen molar-refractivity contribution < 1.29 is 9.53 Å². The lowest BCUT2D eigenvalue weighted by molar-refractivity contribution is -0.144. The summed E-state index contributed by atoms with van der Waals surface area (Å²) in [6, 6.07) is 0. The second-order valence-corrected chi connectivity index (χ2v) is 4.52. The minimum Gasteiger partial charge on any atom is -0.465 e. The fourth-order valence-electron chi connectivity index (χ4n) is 1.47. The van der Waals surface area contributed by atoms with Crippen LogP contribution in [0.25, 0.3) is 0 Å². The molecule has 0 amide bonds. The van der Waals surface area contributed by atoms with Crippen molar-refractivity contribution in [2.24, 2.45) is 0 Å². The van der Waals surface area contributed by atoms with E-state index in [1.54, 1.807) is 18.7 Å². The lowest BCUT2D eigenvalue weighted by Gasteiger charge is -2.03. The zero-order valence-corrected chi connectivity index (χ0v) is 9.90. The van der Waals surface area contributed by atoms with Gasteiger partial charge >= 0.3 is 5.97 Å². The van der Waals surface area contributed by atoms with Gasteiger partial charge in [-0.25, -0.2) is 4.68 Å². The predicted molar refractivity (Wildman–Crippen MR) is 58.9 cm³/mol. The normalized spacial score (nSPS) is 14.0. The Hall–Kier alpha value is -0.680. The van der Waals surface area contributed by atoms with Crippen molar-refractivity contribution in [1.82, 2.24) is 9.78 Å². The molecule has 0 unspecified atom stereocenters. The number of esters is 1. The van der Waals surface area contributed by atoms with Crippen molar-refractivity contribution in [3.8, 4) is 0 Å². The molecular weight excluding hydrogens is 236 g/mol. The van der Waals surface area contributed by atoms with Gasteiger partial charge in [0.1, 0.15) is 11.7 Å². The molecule has 0 aromatic carbocycles. The lowest BCUT2D eigenvalue weighted by Crippen LogP contribution is -2.14. The average molecular weight is 247 g/mol. The molecule has 4 nitrogen and oxygen atoms in total. The minimum atomic E-state index is -0.298. The van der Waals surface area contributed by atoms with E-state index in [0.29, 0.717) is 11.8 Å². The van der Waals surface area contributed by atoms with E-state index in [-0.39, 0.29) is 12.5 Å². The van der Waals surface area contributed by atoms with Crippen LogP contribution >= 0.6 is 23.4 Å². The molecule has 0 bridgehead atoms. The molecule has 6 heteroatoms. The van der Waals surface area contributed by atoms with Crippen LogP contribution in [0.15, 0.2) is 0 Å². The fraction of sp³-hybridized carbons (Fsp3) is 0.556. The predicted octanol–water partition coefficient (Wildman–Crippen LogP) is 1.85. The van der Waals surface area contributed by atoms with Gasteiger partial charge in [0.2, 0.25) is 0 Å². The molecule has 1 aliphatic rings. The summed E-state index contributed by atoms with van der Waals surface area (Å²) in [7, 11) is 0. The zero-order chi connectivity index (χ0) is 10.8. The summed E-state index contributed by atoms with van der Waals surface area (Å²) in [6.07, 6.45) is 0. The Bertz CT molecular complexity index is 392. The molecule has 2 heterocycles. The number of hydrogen-bond acceptors (Lipinski definition) is 4. The third kappa shape index (κ3) is 2.13. The average Bonchev–Trinajstić information content (AvgIpc) is 2.72. The van der Waals surface area contributed by atoms with Crippen molar-refractivity contribution in [2.45, 2.75) is 25.0 Å². The Kier molecular flexibility index (Phi) is 3.21. The quantitative estimate of drug-likeness (QED) is 0.764. The van der Waals surface area contributed by atoms with E-state index in [4.69, 9.17) is 16.3 Å². The Morgan fingerprint density at radius 1 is 1.67 bits per heavy atom. The van der Waals surface area contributed by atoms with Crippen LogP contribution in [0.5, 0.6) is 0 Å². The van der Waals surface area contributed by atoms with E-state index in [1.807, 2.05) is 0 Å². The van der Waals surface area contributed by atoms with Crippen molar-refractivity contribution in [2.75, 3.05) is 6.61 Å². The third-order valence-corrected chi connectivity index (χ3v) is 3.53. The van der Waals surface area contributed by atoms with Crippen LogP contribution in [-0.2, 0) is 27.6 Å². The summed E-state index contributed by atoms with van der Waals surface area (Å²) >= 11 is 7.88. The molecule has 0 atom stereocenters. The minimum absolute atomic E-state index is 0.102. The van der Waals surface area contributed by atoms with Gasteiger partial charge in [-0.15, -0.1) is 0 Å². The van der Waals surface area contributed by atoms with Gasteiger partial charge in [-0.05, 0) is 6.92 Å². The number of carbonyl (C=O) groups excluding carboxylic acids is 1. The molecule has 82 valence electrons. The lowest BCUT2D eigenvalue weighted by atomic mass is 10.3. The van der Waals surface area contributed by atoms with Gasteiger partial charge in [-0.1, -0.05) is 11.6 Å². The molecule has 0 aliphatic carbocycles. The number of carbonyl (C=O) groups is 1. The second-order valence-electron chi connectivity index (χ2n) is 3.17. The maximum Gasteiger partial charge on any atom is 0.327 e. The highest BCUT2D eigenvalue weighted by atomic mass is 35.5. The third-order valence-electron chi connectivity index (χ3n) is 2.13. The van der Waals surface area contributed by atoms with E-state index >= 15 is 0 Å². The number of ether oxygens (including phenoxy) is 1. The number of nitrogens with zero attached hydrogens (tertiary/aromatic N) is 2. The monoisotopic (exact) mass is 246 g/mol. The first-order valence-electron chi connectivity index (χ1n) is 4.69. The summed E-state index contributed by atoms with van der Waals surface area (Å²) in [4.78, 5) is 11.2. The van der Waals surface area contributed by atoms with Crippen LogP contribution in [-0.4, -0.2) is 22.4 Å². The molecule has 1 aliphatic heterocycles. The molecule has 0 saturated heterocycles. The second kappa shape index (κ2) is 4.45. The van der Waals surface area contributed by atoms with Crippen LogP contribution in [0.4, 0.5) is 0 Å².